The van der Waals surface area contributed by atoms with Gasteiger partial charge in [0, 0.05) is 24.7 Å². The largest absolute Gasteiger partial charge is 0.465 e. The molecule has 3 heterocycles. The first kappa shape index (κ1) is 23.0. The summed E-state index contributed by atoms with van der Waals surface area (Å²) in [5.74, 6) is 0.348. The van der Waals surface area contributed by atoms with Crippen LogP contribution in [0.5, 0.6) is 0 Å². The van der Waals surface area contributed by atoms with Crippen molar-refractivity contribution in [3.05, 3.63) is 71.7 Å². The summed E-state index contributed by atoms with van der Waals surface area (Å²) >= 11 is 0. The summed E-state index contributed by atoms with van der Waals surface area (Å²) in [4.78, 5) is 26.1. The highest BCUT2D eigenvalue weighted by Crippen LogP contribution is 2.41. The Morgan fingerprint density at radius 2 is 2.00 bits per heavy atom. The van der Waals surface area contributed by atoms with E-state index in [0.717, 1.165) is 36.1 Å². The third-order valence-electron chi connectivity index (χ3n) is 6.88. The number of rotatable bonds is 7. The normalized spacial score (nSPS) is 18.6. The maximum absolute atomic E-state index is 13.2. The van der Waals surface area contributed by atoms with Crippen molar-refractivity contribution >= 4 is 6.09 Å². The molecule has 0 bridgehead atoms. The van der Waals surface area contributed by atoms with E-state index in [-0.39, 0.29) is 11.2 Å². The van der Waals surface area contributed by atoms with Gasteiger partial charge in [-0.1, -0.05) is 51.5 Å². The number of imidazole rings is 1. The third-order valence-corrected chi connectivity index (χ3v) is 6.88. The molecule has 0 spiro atoms. The molecule has 2 N–H and O–H groups in total. The van der Waals surface area contributed by atoms with E-state index in [1.165, 1.54) is 17.2 Å². The van der Waals surface area contributed by atoms with Gasteiger partial charge < -0.3 is 10.1 Å². The third kappa shape index (κ3) is 4.77. The Bertz CT molecular complexity index is 1110. The number of likely N-dealkylation sites (tertiary alicyclic amines) is 1. The Morgan fingerprint density at radius 3 is 2.64 bits per heavy atom. The average molecular weight is 451 g/mol. The van der Waals surface area contributed by atoms with E-state index in [2.05, 4.69) is 30.7 Å². The zero-order valence-electron chi connectivity index (χ0n) is 19.4. The Labute approximate surface area is 193 Å². The van der Waals surface area contributed by atoms with Gasteiger partial charge in [-0.2, -0.15) is 0 Å². The van der Waals surface area contributed by atoms with Crippen molar-refractivity contribution < 1.29 is 14.3 Å². The molecular formula is C26H31FN4O2. The zero-order valence-corrected chi connectivity index (χ0v) is 19.4. The second-order valence-corrected chi connectivity index (χ2v) is 9.74. The van der Waals surface area contributed by atoms with Crippen molar-refractivity contribution in [1.29, 1.82) is 0 Å². The number of hydrogen-bond donors (Lipinski definition) is 2. The van der Waals surface area contributed by atoms with E-state index >= 15 is 0 Å². The summed E-state index contributed by atoms with van der Waals surface area (Å²) < 4.78 is 13.2. The zero-order chi connectivity index (χ0) is 23.6. The number of aromatic amines is 1. The van der Waals surface area contributed by atoms with Crippen LogP contribution in [0.15, 0.2) is 48.8 Å². The van der Waals surface area contributed by atoms with Gasteiger partial charge in [-0.15, -0.1) is 0 Å². The van der Waals surface area contributed by atoms with Gasteiger partial charge in [0.05, 0.1) is 17.6 Å². The number of aromatic nitrogens is 3. The van der Waals surface area contributed by atoms with E-state index in [0.29, 0.717) is 30.9 Å². The molecule has 6 nitrogen and oxygen atoms in total. The summed E-state index contributed by atoms with van der Waals surface area (Å²) in [7, 11) is 0. The highest BCUT2D eigenvalue weighted by molar-refractivity contribution is 5.67. The Morgan fingerprint density at radius 1 is 1.24 bits per heavy atom. The molecule has 4 rings (SSSR count). The molecule has 2 aromatic heterocycles. The Hall–Kier alpha value is -3.22. The van der Waals surface area contributed by atoms with Crippen LogP contribution in [0.1, 0.15) is 57.1 Å². The SMILES string of the molecule is CCC(C)(C)Cc1c[nH]c(C2(Cc3ccc(-c4ccc(F)cn4)cc3)CCCN2C(=O)O)n1. The second-order valence-electron chi connectivity index (χ2n) is 9.74. The van der Waals surface area contributed by atoms with Crippen LogP contribution in [0.2, 0.25) is 0 Å². The van der Waals surface area contributed by atoms with Gasteiger partial charge in [0.15, 0.2) is 0 Å². The monoisotopic (exact) mass is 450 g/mol. The maximum atomic E-state index is 13.2. The lowest BCUT2D eigenvalue weighted by Crippen LogP contribution is -2.46. The van der Waals surface area contributed by atoms with Crippen LogP contribution in [0.25, 0.3) is 11.3 Å². The molecular weight excluding hydrogens is 419 g/mol. The van der Waals surface area contributed by atoms with Gasteiger partial charge in [-0.3, -0.25) is 9.88 Å². The number of nitrogens with zero attached hydrogens (tertiary/aromatic N) is 3. The van der Waals surface area contributed by atoms with E-state index in [4.69, 9.17) is 4.98 Å². The summed E-state index contributed by atoms with van der Waals surface area (Å²) in [5, 5.41) is 9.98. The fourth-order valence-corrected chi connectivity index (χ4v) is 4.65. The minimum absolute atomic E-state index is 0.131. The first-order valence-electron chi connectivity index (χ1n) is 11.5. The number of nitrogens with one attached hydrogen (secondary N) is 1. The van der Waals surface area contributed by atoms with Crippen LogP contribution in [0.3, 0.4) is 0 Å². The average Bonchev–Trinajstić information content (AvgIpc) is 3.42. The fourth-order valence-electron chi connectivity index (χ4n) is 4.65. The van der Waals surface area contributed by atoms with Gasteiger partial charge in [0.2, 0.25) is 0 Å². The lowest BCUT2D eigenvalue weighted by atomic mass is 9.85. The highest BCUT2D eigenvalue weighted by atomic mass is 19.1. The smallest absolute Gasteiger partial charge is 0.408 e. The molecule has 0 saturated carbocycles. The van der Waals surface area contributed by atoms with Crippen LogP contribution in [-0.2, 0) is 18.4 Å². The van der Waals surface area contributed by atoms with Crippen LogP contribution < -0.4 is 0 Å². The molecule has 1 fully saturated rings. The number of carbonyl (C=O) groups is 1. The topological polar surface area (TPSA) is 82.1 Å². The lowest BCUT2D eigenvalue weighted by Gasteiger charge is -2.35. The first-order chi connectivity index (χ1) is 15.7. The van der Waals surface area contributed by atoms with Gasteiger partial charge in [-0.25, -0.2) is 14.2 Å². The van der Waals surface area contributed by atoms with E-state index in [1.807, 2.05) is 30.5 Å². The van der Waals surface area contributed by atoms with Crippen LogP contribution in [0.4, 0.5) is 9.18 Å². The quantitative estimate of drug-likeness (QED) is 0.476. The number of pyridine rings is 1. The molecule has 1 saturated heterocycles. The van der Waals surface area contributed by atoms with Crippen molar-refractivity contribution in [2.75, 3.05) is 6.54 Å². The molecule has 1 aliphatic rings. The molecule has 1 aliphatic heterocycles. The summed E-state index contributed by atoms with van der Waals surface area (Å²) in [6.07, 6.45) is 6.11. The van der Waals surface area contributed by atoms with Gasteiger partial charge >= 0.3 is 6.09 Å². The number of carboxylic acid groups (broad SMARTS) is 1. The van der Waals surface area contributed by atoms with Gasteiger partial charge in [-0.05, 0) is 42.4 Å². The van der Waals surface area contributed by atoms with Gasteiger partial charge in [0.1, 0.15) is 17.2 Å². The molecule has 1 unspecified atom stereocenters. The molecule has 1 atom stereocenters. The Balaban J connectivity index is 1.64. The molecule has 3 aromatic rings. The minimum Gasteiger partial charge on any atom is -0.465 e. The molecule has 0 aliphatic carbocycles. The van der Waals surface area contributed by atoms with Crippen LogP contribution in [-0.4, -0.2) is 37.6 Å². The minimum atomic E-state index is -0.925. The number of amides is 1. The van der Waals surface area contributed by atoms with E-state index < -0.39 is 11.6 Å². The van der Waals surface area contributed by atoms with E-state index in [9.17, 15) is 14.3 Å². The van der Waals surface area contributed by atoms with Crippen molar-refractivity contribution in [3.63, 3.8) is 0 Å². The van der Waals surface area contributed by atoms with Gasteiger partial charge in [0.25, 0.3) is 0 Å². The number of H-pyrrole nitrogens is 1. The fraction of sp³-hybridized carbons (Fsp3) is 0.423. The first-order valence-corrected chi connectivity index (χ1v) is 11.5. The number of halogens is 1. The van der Waals surface area contributed by atoms with Crippen molar-refractivity contribution in [2.24, 2.45) is 5.41 Å². The van der Waals surface area contributed by atoms with Crippen molar-refractivity contribution in [3.8, 4) is 11.3 Å². The summed E-state index contributed by atoms with van der Waals surface area (Å²) in [6.45, 7) is 7.09. The Kier molecular flexibility index (Phi) is 6.23. The molecule has 33 heavy (non-hydrogen) atoms. The van der Waals surface area contributed by atoms with E-state index in [1.54, 1.807) is 6.07 Å². The number of hydrogen-bond acceptors (Lipinski definition) is 3. The molecule has 7 heteroatoms. The summed E-state index contributed by atoms with van der Waals surface area (Å²) in [6, 6.07) is 10.9. The predicted octanol–water partition coefficient (Wildman–Crippen LogP) is 5.80. The van der Waals surface area contributed by atoms with Crippen molar-refractivity contribution in [2.45, 2.75) is 58.4 Å². The predicted molar refractivity (Wildman–Crippen MR) is 125 cm³/mol. The molecule has 174 valence electrons. The summed E-state index contributed by atoms with van der Waals surface area (Å²) in [5.41, 5.74) is 2.96. The van der Waals surface area contributed by atoms with Crippen LogP contribution >= 0.6 is 0 Å². The number of benzene rings is 1. The highest BCUT2D eigenvalue weighted by Gasteiger charge is 2.47. The molecule has 1 aromatic carbocycles. The second kappa shape index (κ2) is 8.96. The van der Waals surface area contributed by atoms with Crippen LogP contribution in [0, 0.1) is 11.2 Å². The van der Waals surface area contributed by atoms with Crippen molar-refractivity contribution in [1.82, 2.24) is 19.9 Å². The standard InChI is InChI=1S/C26H31FN4O2/c1-4-25(2,3)15-21-17-29-23(30-21)26(12-5-13-31(26)24(32)33)14-18-6-8-19(9-7-18)22-11-10-20(27)16-28-22/h6-11,16-17H,4-5,12-15H2,1-3H3,(H,29,30)(H,32,33). The molecule has 0 radical (unpaired) electrons. The molecule has 1 amide bonds. The maximum Gasteiger partial charge on any atom is 0.408 e. The lowest BCUT2D eigenvalue weighted by molar-refractivity contribution is 0.0961.